The van der Waals surface area contributed by atoms with Gasteiger partial charge in [0.15, 0.2) is 0 Å². The second-order valence-corrected chi connectivity index (χ2v) is 29.6. The number of nitrogens with zero attached hydrogens (tertiary/aromatic N) is 7. The molecule has 0 unspecified atom stereocenters. The number of hydrogen-bond acceptors (Lipinski definition) is 16. The van der Waals surface area contributed by atoms with E-state index in [1.165, 1.54) is 6.42 Å². The van der Waals surface area contributed by atoms with Gasteiger partial charge in [0.25, 0.3) is 11.8 Å². The number of unbranched alkanes of at least 4 members (excludes halogenated alkanes) is 10. The number of carbonyl (C=O) groups excluding carboxylic acids is 4. The number of aromatic nitrogens is 2. The standard InChI is InChI=1S/C38H50F3N7O3.C29H33F3N6O2.C14H27NO4/c1-45-15-19-47(20-16-45)34-13-12-30(24-33(34)44-37(51)31-26-43-35(49)25-32(31)38(39,40)41)29-10-8-9-28(23-29)27-46-17-21-48(22-18-46)36(50)11-6-4-2-3-5-7-14-42;1-36-11-13-38(14-12-36)26-6-5-22(21-4-2-3-20(15-21)19-37-9-7-33-8-10-37)16-25(26)35-28(40)23-18-34-27(39)17-24(23)29(30,31)32;1-14(2,3)19-13(18)15-11-9-7-5-4-6-8-10-12(16)17/h8-10,12-13,23-26H,2-7,11,14-22,27,42H2,1H3,(H,43,49)(H,44,51);2-6,15-18,33H,7-14,19H2,1H3,(H,34,39)(H,35,40);4-11H2,1-3H3,(H,15,18)(H,16,17). The number of nitrogens with two attached hydrogens (primary N) is 1. The molecule has 23 nitrogen and oxygen atoms in total. The number of anilines is 4. The summed E-state index contributed by atoms with van der Waals surface area (Å²) in [6, 6.07) is 28.5. The molecule has 29 heteroatoms. The highest BCUT2D eigenvalue weighted by molar-refractivity contribution is 6.08. The molecule has 0 saturated carbocycles. The van der Waals surface area contributed by atoms with Gasteiger partial charge in [-0.1, -0.05) is 99.9 Å². The minimum Gasteiger partial charge on any atom is -0.481 e. The topological polar surface area (TPSA) is 277 Å². The van der Waals surface area contributed by atoms with Gasteiger partial charge in [0.05, 0.1) is 45.0 Å². The van der Waals surface area contributed by atoms with E-state index >= 15 is 0 Å². The minimum absolute atomic E-state index is 0.233. The summed E-state index contributed by atoms with van der Waals surface area (Å²) in [6.45, 7) is 21.3. The Morgan fingerprint density at radius 2 is 0.918 bits per heavy atom. The Bertz CT molecular complexity index is 4080. The summed E-state index contributed by atoms with van der Waals surface area (Å²) in [5.41, 5.74) is 7.40. The van der Waals surface area contributed by atoms with Crippen molar-refractivity contribution in [3.63, 3.8) is 0 Å². The monoisotopic (exact) mass is 1540 g/mol. The predicted octanol–water partition coefficient (Wildman–Crippen LogP) is 12.2. The van der Waals surface area contributed by atoms with Gasteiger partial charge in [-0.2, -0.15) is 26.3 Å². The number of benzene rings is 4. The summed E-state index contributed by atoms with van der Waals surface area (Å²) >= 11 is 0. The van der Waals surface area contributed by atoms with E-state index < -0.39 is 69.1 Å². The third-order valence-corrected chi connectivity index (χ3v) is 19.7. The van der Waals surface area contributed by atoms with E-state index in [1.54, 1.807) is 6.07 Å². The van der Waals surface area contributed by atoms with Gasteiger partial charge < -0.3 is 71.3 Å². The Labute approximate surface area is 640 Å². The molecule has 2 aromatic heterocycles. The smallest absolute Gasteiger partial charge is 0.417 e. The molecular weight excluding hydrogens is 1430 g/mol. The van der Waals surface area contributed by atoms with Gasteiger partial charge >= 0.3 is 24.4 Å². The Kier molecular flexibility index (Phi) is 33.3. The maximum atomic E-state index is 13.8. The first kappa shape index (κ1) is 86.5. The van der Waals surface area contributed by atoms with Gasteiger partial charge in [0.2, 0.25) is 17.0 Å². The van der Waals surface area contributed by atoms with Gasteiger partial charge in [-0.25, -0.2) is 4.79 Å². The van der Waals surface area contributed by atoms with Gasteiger partial charge in [0.1, 0.15) is 5.60 Å². The van der Waals surface area contributed by atoms with Crippen molar-refractivity contribution in [1.29, 1.82) is 0 Å². The van der Waals surface area contributed by atoms with E-state index in [1.807, 2.05) is 94.4 Å². The third kappa shape index (κ3) is 28.3. The summed E-state index contributed by atoms with van der Waals surface area (Å²) in [6.07, 6.45) is 4.78. The van der Waals surface area contributed by atoms with Gasteiger partial charge in [-0.3, -0.25) is 38.6 Å². The Balaban J connectivity index is 0.000000229. The molecule has 9 N–H and O–H groups in total. The largest absolute Gasteiger partial charge is 0.481 e. The summed E-state index contributed by atoms with van der Waals surface area (Å²) in [7, 11) is 4.06. The van der Waals surface area contributed by atoms with Crippen LogP contribution in [0.3, 0.4) is 0 Å². The first-order valence-corrected chi connectivity index (χ1v) is 38.4. The molecule has 4 amide bonds. The van der Waals surface area contributed by atoms with Gasteiger partial charge in [-0.05, 0) is 137 Å². The molecule has 6 aromatic rings. The van der Waals surface area contributed by atoms with Crippen LogP contribution < -0.4 is 47.9 Å². The van der Waals surface area contributed by atoms with Crippen LogP contribution in [-0.4, -0.2) is 207 Å². The highest BCUT2D eigenvalue weighted by Crippen LogP contribution is 2.38. The van der Waals surface area contributed by atoms with E-state index in [0.29, 0.717) is 88.0 Å². The number of H-pyrrole nitrogens is 2. The number of carboxylic acids is 1. The quantitative estimate of drug-likeness (QED) is 0.0160. The molecule has 0 atom stereocenters. The van der Waals surface area contributed by atoms with Crippen molar-refractivity contribution < 1.29 is 60.2 Å². The van der Waals surface area contributed by atoms with Crippen LogP contribution >= 0.6 is 0 Å². The number of carboxylic acid groups (broad SMARTS) is 1. The van der Waals surface area contributed by atoms with Crippen LogP contribution in [0.25, 0.3) is 22.3 Å². The molecule has 4 aliphatic heterocycles. The fraction of sp³-hybridized carbons (Fsp3) is 0.519. The summed E-state index contributed by atoms with van der Waals surface area (Å²) in [4.78, 5) is 104. The molecule has 110 heavy (non-hydrogen) atoms. The molecule has 4 aromatic carbocycles. The highest BCUT2D eigenvalue weighted by atomic mass is 19.4. The van der Waals surface area contributed by atoms with Crippen molar-refractivity contribution in [3.05, 3.63) is 164 Å². The van der Waals surface area contributed by atoms with Crippen LogP contribution in [0.1, 0.15) is 154 Å². The summed E-state index contributed by atoms with van der Waals surface area (Å²) < 4.78 is 87.6. The molecule has 600 valence electrons. The number of amides is 4. The zero-order chi connectivity index (χ0) is 79.4. The number of carbonyl (C=O) groups is 5. The van der Waals surface area contributed by atoms with Crippen molar-refractivity contribution in [3.8, 4) is 22.3 Å². The van der Waals surface area contributed by atoms with Crippen molar-refractivity contribution in [2.24, 2.45) is 5.73 Å². The van der Waals surface area contributed by atoms with Crippen LogP contribution in [0.2, 0.25) is 0 Å². The lowest BCUT2D eigenvalue weighted by Gasteiger charge is -2.35. The van der Waals surface area contributed by atoms with Crippen LogP contribution in [0.4, 0.5) is 53.9 Å². The second kappa shape index (κ2) is 42.3. The number of alkyl carbamates (subject to hydrolysis) is 1. The van der Waals surface area contributed by atoms with Crippen molar-refractivity contribution in [1.82, 2.24) is 45.1 Å². The number of piperazine rings is 4. The lowest BCUT2D eigenvalue weighted by molar-refractivity contribution is -0.138. The lowest BCUT2D eigenvalue weighted by atomic mass is 10.0. The van der Waals surface area contributed by atoms with E-state index in [0.717, 1.165) is 201 Å². The van der Waals surface area contributed by atoms with E-state index in [4.69, 9.17) is 15.6 Å². The van der Waals surface area contributed by atoms with Crippen LogP contribution in [0, 0.1) is 0 Å². The number of ether oxygens (including phenoxy) is 1. The number of halogens is 6. The molecule has 0 bridgehead atoms. The van der Waals surface area contributed by atoms with Crippen molar-refractivity contribution in [2.45, 2.75) is 142 Å². The molecule has 4 aliphatic rings. The third-order valence-electron chi connectivity index (χ3n) is 19.7. The molecule has 10 rings (SSSR count). The summed E-state index contributed by atoms with van der Waals surface area (Å²) in [5, 5.41) is 20.0. The van der Waals surface area contributed by atoms with E-state index in [9.17, 15) is 59.9 Å². The normalized spacial score (nSPS) is 15.6. The molecule has 4 fully saturated rings. The molecule has 4 saturated heterocycles. The lowest BCUT2D eigenvalue weighted by Crippen LogP contribution is -2.48. The Morgan fingerprint density at radius 1 is 0.500 bits per heavy atom. The van der Waals surface area contributed by atoms with Crippen molar-refractivity contribution in [2.75, 3.05) is 152 Å². The fourth-order valence-electron chi connectivity index (χ4n) is 13.6. The van der Waals surface area contributed by atoms with E-state index in [2.05, 4.69) is 84.9 Å². The van der Waals surface area contributed by atoms with Gasteiger partial charge in [0, 0.05) is 162 Å². The maximum Gasteiger partial charge on any atom is 0.417 e. The number of nitrogens with one attached hydrogen (secondary N) is 6. The number of rotatable bonds is 29. The number of aromatic amines is 2. The predicted molar refractivity (Wildman–Crippen MR) is 419 cm³/mol. The van der Waals surface area contributed by atoms with Crippen molar-refractivity contribution >= 4 is 52.5 Å². The Hall–Kier alpha value is -9.13. The molecule has 6 heterocycles. The molecular formula is C81H110F6N14O9. The first-order valence-electron chi connectivity index (χ1n) is 38.4. The molecule has 0 aliphatic carbocycles. The number of aliphatic carboxylic acids is 1. The first-order chi connectivity index (χ1) is 52.5. The minimum atomic E-state index is -4.88. The van der Waals surface area contributed by atoms with Crippen LogP contribution in [-0.2, 0) is 39.8 Å². The molecule has 0 spiro atoms. The number of pyridine rings is 2. The SMILES string of the molecule is CC(C)(C)OC(=O)NCCCCCCCCC(=O)O.CN1CCN(c2ccc(-c3cccc(CN4CCN(C(=O)CCCCCCCCN)CC4)c3)cc2NC(=O)c2c[nH]c(=O)cc2C(F)(F)F)CC1.CN1CCN(c2ccc(-c3cccc(CN4CCNCC4)c3)cc2NC(=O)c2c[nH]c(=O)cc2C(F)(F)F)CC1. The van der Waals surface area contributed by atoms with Crippen LogP contribution in [0.5, 0.6) is 0 Å². The zero-order valence-corrected chi connectivity index (χ0v) is 64.1. The summed E-state index contributed by atoms with van der Waals surface area (Å²) in [5.74, 6) is -2.39. The zero-order valence-electron chi connectivity index (χ0n) is 64.1. The number of hydrogen-bond donors (Lipinski definition) is 8. The fourth-order valence-corrected chi connectivity index (χ4v) is 13.6. The number of likely N-dealkylation sites (N-methyl/N-ethyl adjacent to an activating group) is 2. The number of alkyl halides is 6. The second-order valence-electron chi connectivity index (χ2n) is 29.6. The maximum absolute atomic E-state index is 13.8. The average Bonchev–Trinajstić information content (AvgIpc) is 0.796. The van der Waals surface area contributed by atoms with Gasteiger partial charge in [-0.15, -0.1) is 0 Å². The Morgan fingerprint density at radius 3 is 1.35 bits per heavy atom. The highest BCUT2D eigenvalue weighted by Gasteiger charge is 2.38. The molecule has 0 radical (unpaired) electrons. The van der Waals surface area contributed by atoms with E-state index in [-0.39, 0.29) is 18.4 Å². The average molecular weight is 1540 g/mol. The van der Waals surface area contributed by atoms with Crippen LogP contribution in [0.15, 0.2) is 119 Å².